The van der Waals surface area contributed by atoms with Gasteiger partial charge in [-0.3, -0.25) is 9.69 Å². The smallest absolute Gasteiger partial charge is 0.246 e. The fourth-order valence-electron chi connectivity index (χ4n) is 5.12. The van der Waals surface area contributed by atoms with Crippen LogP contribution in [0.2, 0.25) is 5.02 Å². The summed E-state index contributed by atoms with van der Waals surface area (Å²) in [5.41, 5.74) is 1.16. The zero-order valence-electron chi connectivity index (χ0n) is 20.9. The molecular formula is C26H32ClN3O6S. The van der Waals surface area contributed by atoms with Crippen molar-refractivity contribution in [1.29, 1.82) is 0 Å². The SMILES string of the molecule is CCOc1ccc(Cl)cc1S(=O)(=O)N1CCC(C(=O)N2CCN(Cc3ccc4c(c3)OCO4)CC2)CC1. The van der Waals surface area contributed by atoms with Crippen LogP contribution >= 0.6 is 11.6 Å². The van der Waals surface area contributed by atoms with Gasteiger partial charge < -0.3 is 19.1 Å². The van der Waals surface area contributed by atoms with Crippen molar-refractivity contribution in [3.05, 3.63) is 47.0 Å². The van der Waals surface area contributed by atoms with Crippen LogP contribution < -0.4 is 14.2 Å². The van der Waals surface area contributed by atoms with Gasteiger partial charge in [0.1, 0.15) is 10.6 Å². The van der Waals surface area contributed by atoms with E-state index >= 15 is 0 Å². The van der Waals surface area contributed by atoms with Crippen LogP contribution in [0.25, 0.3) is 0 Å². The molecule has 2 saturated heterocycles. The highest BCUT2D eigenvalue weighted by Crippen LogP contribution is 2.34. The maximum atomic E-state index is 13.3. The molecule has 0 spiro atoms. The van der Waals surface area contributed by atoms with Crippen LogP contribution in [0, 0.1) is 5.92 Å². The minimum Gasteiger partial charge on any atom is -0.492 e. The second-order valence-electron chi connectivity index (χ2n) is 9.49. The molecule has 2 fully saturated rings. The monoisotopic (exact) mass is 549 g/mol. The summed E-state index contributed by atoms with van der Waals surface area (Å²) in [6.07, 6.45) is 1.00. The van der Waals surface area contributed by atoms with Gasteiger partial charge in [0.05, 0.1) is 6.61 Å². The van der Waals surface area contributed by atoms with E-state index < -0.39 is 10.0 Å². The van der Waals surface area contributed by atoms with Crippen LogP contribution in [-0.4, -0.2) is 81.1 Å². The molecule has 3 aliphatic heterocycles. The molecule has 0 N–H and O–H groups in total. The number of fused-ring (bicyclic) bond motifs is 1. The molecule has 5 rings (SSSR count). The third kappa shape index (κ3) is 5.67. The van der Waals surface area contributed by atoms with Crippen molar-refractivity contribution in [3.63, 3.8) is 0 Å². The predicted octanol–water partition coefficient (Wildman–Crippen LogP) is 3.21. The second kappa shape index (κ2) is 11.1. The van der Waals surface area contributed by atoms with E-state index in [0.717, 1.165) is 36.7 Å². The lowest BCUT2D eigenvalue weighted by molar-refractivity contribution is -0.138. The molecule has 0 aromatic heterocycles. The van der Waals surface area contributed by atoms with Crippen molar-refractivity contribution in [2.24, 2.45) is 5.92 Å². The molecule has 0 unspecified atom stereocenters. The van der Waals surface area contributed by atoms with Gasteiger partial charge in [-0.05, 0) is 55.7 Å². The van der Waals surface area contributed by atoms with Crippen LogP contribution in [0.5, 0.6) is 17.2 Å². The Morgan fingerprint density at radius 1 is 1.00 bits per heavy atom. The standard InChI is InChI=1S/C26H32ClN3O6S/c1-2-34-23-6-4-21(27)16-25(23)37(32,33)30-9-7-20(8-10-30)26(31)29-13-11-28(12-14-29)17-19-3-5-22-24(15-19)36-18-35-22/h3-6,15-16,20H,2,7-14,17-18H2,1H3. The number of carbonyl (C=O) groups excluding carboxylic acids is 1. The number of nitrogens with zero attached hydrogens (tertiary/aromatic N) is 3. The highest BCUT2D eigenvalue weighted by Gasteiger charge is 2.36. The van der Waals surface area contributed by atoms with Gasteiger partial charge in [0.2, 0.25) is 22.7 Å². The Morgan fingerprint density at radius 2 is 1.73 bits per heavy atom. The maximum absolute atomic E-state index is 13.3. The van der Waals surface area contributed by atoms with Gasteiger partial charge in [0, 0.05) is 56.8 Å². The summed E-state index contributed by atoms with van der Waals surface area (Å²) in [7, 11) is -3.78. The van der Waals surface area contributed by atoms with E-state index in [2.05, 4.69) is 4.90 Å². The molecule has 200 valence electrons. The largest absolute Gasteiger partial charge is 0.492 e. The summed E-state index contributed by atoms with van der Waals surface area (Å²) in [4.78, 5) is 17.6. The predicted molar refractivity (Wildman–Crippen MR) is 139 cm³/mol. The number of hydrogen-bond donors (Lipinski definition) is 0. The molecule has 0 saturated carbocycles. The van der Waals surface area contributed by atoms with Crippen molar-refractivity contribution in [2.45, 2.75) is 31.2 Å². The van der Waals surface area contributed by atoms with E-state index in [0.29, 0.717) is 56.4 Å². The Labute approximate surface area is 222 Å². The Balaban J connectivity index is 1.13. The van der Waals surface area contributed by atoms with E-state index in [-0.39, 0.29) is 23.5 Å². The van der Waals surface area contributed by atoms with E-state index in [9.17, 15) is 13.2 Å². The number of piperidine rings is 1. The molecule has 0 radical (unpaired) electrons. The second-order valence-corrected chi connectivity index (χ2v) is 11.8. The molecule has 3 aliphatic rings. The summed E-state index contributed by atoms with van der Waals surface area (Å²) < 4.78 is 44.5. The van der Waals surface area contributed by atoms with Crippen LogP contribution in [0.1, 0.15) is 25.3 Å². The van der Waals surface area contributed by atoms with Gasteiger partial charge in [-0.25, -0.2) is 8.42 Å². The molecule has 1 amide bonds. The van der Waals surface area contributed by atoms with Crippen molar-refractivity contribution in [3.8, 4) is 17.2 Å². The third-order valence-electron chi connectivity index (χ3n) is 7.15. The average Bonchev–Trinajstić information content (AvgIpc) is 3.38. The molecule has 3 heterocycles. The quantitative estimate of drug-likeness (QED) is 0.524. The van der Waals surface area contributed by atoms with Crippen LogP contribution in [0.3, 0.4) is 0 Å². The first-order valence-corrected chi connectivity index (χ1v) is 14.5. The zero-order valence-corrected chi connectivity index (χ0v) is 22.5. The summed E-state index contributed by atoms with van der Waals surface area (Å²) in [5.74, 6) is 1.81. The number of amides is 1. The number of sulfonamides is 1. The minimum atomic E-state index is -3.78. The number of carbonyl (C=O) groups is 1. The lowest BCUT2D eigenvalue weighted by Crippen LogP contribution is -2.51. The normalized spacial score (nSPS) is 19.2. The molecule has 2 aromatic carbocycles. The van der Waals surface area contributed by atoms with E-state index in [1.165, 1.54) is 10.4 Å². The van der Waals surface area contributed by atoms with Crippen molar-refractivity contribution >= 4 is 27.5 Å². The lowest BCUT2D eigenvalue weighted by Gasteiger charge is -2.38. The summed E-state index contributed by atoms with van der Waals surface area (Å²) in [6, 6.07) is 10.6. The fourth-order valence-corrected chi connectivity index (χ4v) is 6.99. The Kier molecular flexibility index (Phi) is 7.80. The van der Waals surface area contributed by atoms with Crippen LogP contribution in [-0.2, 0) is 21.4 Å². The van der Waals surface area contributed by atoms with Gasteiger partial charge in [-0.2, -0.15) is 4.31 Å². The zero-order chi connectivity index (χ0) is 26.0. The first-order chi connectivity index (χ1) is 17.8. The first kappa shape index (κ1) is 26.1. The molecule has 0 aliphatic carbocycles. The highest BCUT2D eigenvalue weighted by atomic mass is 35.5. The van der Waals surface area contributed by atoms with Crippen molar-refractivity contribution in [1.82, 2.24) is 14.1 Å². The van der Waals surface area contributed by atoms with Gasteiger partial charge in [0.25, 0.3) is 0 Å². The Hall–Kier alpha value is -2.53. The van der Waals surface area contributed by atoms with Gasteiger partial charge >= 0.3 is 0 Å². The molecule has 11 heteroatoms. The number of benzene rings is 2. The van der Waals surface area contributed by atoms with Gasteiger partial charge in [0.15, 0.2) is 11.5 Å². The minimum absolute atomic E-state index is 0.0743. The molecular weight excluding hydrogens is 518 g/mol. The number of halogens is 1. The maximum Gasteiger partial charge on any atom is 0.246 e. The third-order valence-corrected chi connectivity index (χ3v) is 9.31. The van der Waals surface area contributed by atoms with Crippen LogP contribution in [0.15, 0.2) is 41.3 Å². The molecule has 37 heavy (non-hydrogen) atoms. The van der Waals surface area contributed by atoms with Crippen molar-refractivity contribution in [2.75, 3.05) is 52.7 Å². The molecule has 2 aromatic rings. The molecule has 9 nitrogen and oxygen atoms in total. The summed E-state index contributed by atoms with van der Waals surface area (Å²) in [6.45, 7) is 6.72. The Morgan fingerprint density at radius 3 is 2.46 bits per heavy atom. The van der Waals surface area contributed by atoms with Crippen molar-refractivity contribution < 1.29 is 27.4 Å². The van der Waals surface area contributed by atoms with E-state index in [1.54, 1.807) is 19.1 Å². The van der Waals surface area contributed by atoms with E-state index in [4.69, 9.17) is 25.8 Å². The average molecular weight is 550 g/mol. The fraction of sp³-hybridized carbons (Fsp3) is 0.500. The van der Waals surface area contributed by atoms with Crippen LogP contribution in [0.4, 0.5) is 0 Å². The van der Waals surface area contributed by atoms with Gasteiger partial charge in [-0.15, -0.1) is 0 Å². The highest BCUT2D eigenvalue weighted by molar-refractivity contribution is 7.89. The van der Waals surface area contributed by atoms with Gasteiger partial charge in [-0.1, -0.05) is 17.7 Å². The summed E-state index contributed by atoms with van der Waals surface area (Å²) >= 11 is 6.09. The topological polar surface area (TPSA) is 88.6 Å². The lowest BCUT2D eigenvalue weighted by atomic mass is 9.96. The number of ether oxygens (including phenoxy) is 3. The first-order valence-electron chi connectivity index (χ1n) is 12.7. The number of hydrogen-bond acceptors (Lipinski definition) is 7. The number of piperazine rings is 1. The molecule has 0 bridgehead atoms. The summed E-state index contributed by atoms with van der Waals surface area (Å²) in [5, 5.41) is 0.338. The Bertz CT molecular complexity index is 1240. The number of rotatable bonds is 7. The van der Waals surface area contributed by atoms with E-state index in [1.807, 2.05) is 23.1 Å². The molecule has 0 atom stereocenters.